The summed E-state index contributed by atoms with van der Waals surface area (Å²) in [6.45, 7) is 0.739. The standard InChI is InChI=1S/C15H11N3/c16-11-13-5-1-2-8-14(13)18-10-4-7-12-6-3-9-17-15(12)18/h1-9H,10H2. The number of rotatable bonds is 1. The van der Waals surface area contributed by atoms with Crippen molar-refractivity contribution in [2.45, 2.75) is 0 Å². The van der Waals surface area contributed by atoms with Crippen molar-refractivity contribution in [2.75, 3.05) is 11.4 Å². The second kappa shape index (κ2) is 4.34. The summed E-state index contributed by atoms with van der Waals surface area (Å²) in [7, 11) is 0. The summed E-state index contributed by atoms with van der Waals surface area (Å²) in [5.41, 5.74) is 2.66. The highest BCUT2D eigenvalue weighted by Gasteiger charge is 2.17. The molecule has 0 bridgehead atoms. The SMILES string of the molecule is N#Cc1ccccc1N1CC=Cc2cccnc21. The molecule has 86 valence electrons. The topological polar surface area (TPSA) is 39.9 Å². The Hall–Kier alpha value is -2.60. The third-order valence-electron chi connectivity index (χ3n) is 2.97. The lowest BCUT2D eigenvalue weighted by atomic mass is 10.1. The zero-order valence-electron chi connectivity index (χ0n) is 9.74. The molecular weight excluding hydrogens is 222 g/mol. The fourth-order valence-corrected chi connectivity index (χ4v) is 2.15. The van der Waals surface area contributed by atoms with Gasteiger partial charge in [-0.1, -0.05) is 24.3 Å². The number of benzene rings is 1. The average Bonchev–Trinajstić information content (AvgIpc) is 2.46. The van der Waals surface area contributed by atoms with Crippen LogP contribution < -0.4 is 4.90 Å². The molecule has 3 nitrogen and oxygen atoms in total. The van der Waals surface area contributed by atoms with Gasteiger partial charge in [-0.25, -0.2) is 4.98 Å². The highest BCUT2D eigenvalue weighted by Crippen LogP contribution is 2.32. The van der Waals surface area contributed by atoms with Gasteiger partial charge in [-0.15, -0.1) is 0 Å². The molecule has 3 rings (SSSR count). The third kappa shape index (κ3) is 1.64. The van der Waals surface area contributed by atoms with Gasteiger partial charge in [0.2, 0.25) is 0 Å². The smallest absolute Gasteiger partial charge is 0.140 e. The Labute approximate surface area is 106 Å². The van der Waals surface area contributed by atoms with Crippen LogP contribution in [0.2, 0.25) is 0 Å². The Morgan fingerprint density at radius 3 is 2.94 bits per heavy atom. The van der Waals surface area contributed by atoms with Gasteiger partial charge in [0.1, 0.15) is 11.9 Å². The van der Waals surface area contributed by atoms with Crippen LogP contribution in [0.4, 0.5) is 11.5 Å². The summed E-state index contributed by atoms with van der Waals surface area (Å²) >= 11 is 0. The Balaban J connectivity index is 2.14. The van der Waals surface area contributed by atoms with Crippen molar-refractivity contribution in [3.8, 4) is 6.07 Å². The number of pyridine rings is 1. The van der Waals surface area contributed by atoms with Gasteiger partial charge in [-0.05, 0) is 24.3 Å². The van der Waals surface area contributed by atoms with E-state index in [2.05, 4.69) is 28.1 Å². The number of hydrogen-bond donors (Lipinski definition) is 0. The number of hydrogen-bond acceptors (Lipinski definition) is 3. The van der Waals surface area contributed by atoms with Crippen LogP contribution in [0.25, 0.3) is 6.08 Å². The fraction of sp³-hybridized carbons (Fsp3) is 0.0667. The predicted molar refractivity (Wildman–Crippen MR) is 71.4 cm³/mol. The van der Waals surface area contributed by atoms with Crippen molar-refractivity contribution in [1.82, 2.24) is 4.98 Å². The van der Waals surface area contributed by atoms with Gasteiger partial charge in [0.15, 0.2) is 0 Å². The molecule has 0 N–H and O–H groups in total. The molecule has 0 fully saturated rings. The molecule has 0 aliphatic carbocycles. The molecule has 0 amide bonds. The lowest BCUT2D eigenvalue weighted by Crippen LogP contribution is -2.22. The van der Waals surface area contributed by atoms with Crippen LogP contribution in [0.15, 0.2) is 48.7 Å². The molecule has 0 radical (unpaired) electrons. The molecule has 0 unspecified atom stereocenters. The van der Waals surface area contributed by atoms with Crippen LogP contribution in [-0.2, 0) is 0 Å². The summed E-state index contributed by atoms with van der Waals surface area (Å²) in [5.74, 6) is 0.905. The minimum atomic E-state index is 0.671. The molecule has 1 aliphatic heterocycles. The van der Waals surface area contributed by atoms with E-state index >= 15 is 0 Å². The molecule has 3 heteroatoms. The van der Waals surface area contributed by atoms with Crippen LogP contribution in [0.3, 0.4) is 0 Å². The first-order chi connectivity index (χ1) is 8.90. The Bertz CT molecular complexity index is 653. The van der Waals surface area contributed by atoms with Crippen molar-refractivity contribution in [1.29, 1.82) is 5.26 Å². The van der Waals surface area contributed by atoms with E-state index in [1.165, 1.54) is 0 Å². The van der Waals surface area contributed by atoms with Gasteiger partial charge < -0.3 is 4.90 Å². The lowest BCUT2D eigenvalue weighted by molar-refractivity contribution is 1.03. The van der Waals surface area contributed by atoms with E-state index in [1.54, 1.807) is 6.20 Å². The minimum Gasteiger partial charge on any atom is -0.321 e. The van der Waals surface area contributed by atoms with Crippen LogP contribution in [0.5, 0.6) is 0 Å². The normalized spacial score (nSPS) is 12.9. The Morgan fingerprint density at radius 2 is 2.06 bits per heavy atom. The van der Waals surface area contributed by atoms with Gasteiger partial charge >= 0.3 is 0 Å². The van der Waals surface area contributed by atoms with Crippen molar-refractivity contribution in [3.05, 3.63) is 59.8 Å². The predicted octanol–water partition coefficient (Wildman–Crippen LogP) is 3.12. The zero-order valence-corrected chi connectivity index (χ0v) is 9.74. The molecule has 1 aromatic heterocycles. The van der Waals surface area contributed by atoms with E-state index in [1.807, 2.05) is 36.4 Å². The quantitative estimate of drug-likeness (QED) is 0.759. The first-order valence-corrected chi connectivity index (χ1v) is 5.78. The molecule has 0 spiro atoms. The Kier molecular flexibility index (Phi) is 2.54. The Morgan fingerprint density at radius 1 is 1.17 bits per heavy atom. The molecule has 1 aromatic carbocycles. The number of anilines is 2. The second-order valence-corrected chi connectivity index (χ2v) is 4.06. The van der Waals surface area contributed by atoms with Crippen molar-refractivity contribution in [3.63, 3.8) is 0 Å². The molecule has 0 saturated heterocycles. The highest BCUT2D eigenvalue weighted by molar-refractivity contribution is 5.77. The fourth-order valence-electron chi connectivity index (χ4n) is 2.15. The largest absolute Gasteiger partial charge is 0.321 e. The minimum absolute atomic E-state index is 0.671. The molecular formula is C15H11N3. The third-order valence-corrected chi connectivity index (χ3v) is 2.97. The number of fused-ring (bicyclic) bond motifs is 1. The van der Waals surface area contributed by atoms with E-state index in [0.717, 1.165) is 23.6 Å². The summed E-state index contributed by atoms with van der Waals surface area (Å²) < 4.78 is 0. The molecule has 2 heterocycles. The van der Waals surface area contributed by atoms with Gasteiger partial charge in [0, 0.05) is 18.3 Å². The zero-order chi connectivity index (χ0) is 12.4. The van der Waals surface area contributed by atoms with Crippen LogP contribution in [0, 0.1) is 11.3 Å². The van der Waals surface area contributed by atoms with Crippen LogP contribution in [-0.4, -0.2) is 11.5 Å². The molecule has 0 atom stereocenters. The van der Waals surface area contributed by atoms with Crippen molar-refractivity contribution in [2.24, 2.45) is 0 Å². The van der Waals surface area contributed by atoms with E-state index in [-0.39, 0.29) is 0 Å². The maximum Gasteiger partial charge on any atom is 0.140 e. The van der Waals surface area contributed by atoms with Gasteiger partial charge in [-0.3, -0.25) is 0 Å². The van der Waals surface area contributed by atoms with E-state index in [9.17, 15) is 5.26 Å². The van der Waals surface area contributed by atoms with E-state index < -0.39 is 0 Å². The van der Waals surface area contributed by atoms with E-state index in [0.29, 0.717) is 5.56 Å². The number of nitriles is 1. The number of para-hydroxylation sites is 1. The molecule has 2 aromatic rings. The first-order valence-electron chi connectivity index (χ1n) is 5.78. The van der Waals surface area contributed by atoms with Gasteiger partial charge in [0.25, 0.3) is 0 Å². The maximum atomic E-state index is 9.18. The highest BCUT2D eigenvalue weighted by atomic mass is 15.2. The monoisotopic (exact) mass is 233 g/mol. The van der Waals surface area contributed by atoms with Gasteiger partial charge in [-0.2, -0.15) is 5.26 Å². The van der Waals surface area contributed by atoms with Crippen LogP contribution in [0.1, 0.15) is 11.1 Å². The molecule has 0 saturated carbocycles. The second-order valence-electron chi connectivity index (χ2n) is 4.06. The first kappa shape index (κ1) is 10.5. The van der Waals surface area contributed by atoms with Crippen molar-refractivity contribution >= 4 is 17.6 Å². The van der Waals surface area contributed by atoms with Crippen molar-refractivity contribution < 1.29 is 0 Å². The molecule has 1 aliphatic rings. The molecule has 18 heavy (non-hydrogen) atoms. The lowest BCUT2D eigenvalue weighted by Gasteiger charge is -2.27. The summed E-state index contributed by atoms with van der Waals surface area (Å²) in [6.07, 6.45) is 5.92. The number of aromatic nitrogens is 1. The summed E-state index contributed by atoms with van der Waals surface area (Å²) in [6, 6.07) is 13.8. The van der Waals surface area contributed by atoms with Crippen LogP contribution >= 0.6 is 0 Å². The summed E-state index contributed by atoms with van der Waals surface area (Å²) in [5, 5.41) is 9.18. The van der Waals surface area contributed by atoms with Gasteiger partial charge in [0.05, 0.1) is 11.3 Å². The maximum absolute atomic E-state index is 9.18. The average molecular weight is 233 g/mol. The summed E-state index contributed by atoms with van der Waals surface area (Å²) in [4.78, 5) is 6.48. The number of nitrogens with zero attached hydrogens (tertiary/aromatic N) is 3. The van der Waals surface area contributed by atoms with E-state index in [4.69, 9.17) is 0 Å².